The first kappa shape index (κ1) is 20.0. The van der Waals surface area contributed by atoms with Gasteiger partial charge >= 0.3 is 12.1 Å². The zero-order chi connectivity index (χ0) is 19.0. The zero-order valence-corrected chi connectivity index (χ0v) is 14.5. The van der Waals surface area contributed by atoms with Crippen molar-refractivity contribution in [1.29, 1.82) is 0 Å². The molecule has 25 heavy (non-hydrogen) atoms. The molecule has 0 saturated heterocycles. The molecule has 1 aromatic carbocycles. The molecular weight excluding hydrogens is 328 g/mol. The number of nitrogens with zero attached hydrogens (tertiary/aromatic N) is 1. The number of nitro benzene ring substituents is 1. The number of benzene rings is 1. The van der Waals surface area contributed by atoms with Gasteiger partial charge in [0.1, 0.15) is 11.2 Å². The van der Waals surface area contributed by atoms with Crippen LogP contribution < -0.4 is 5.32 Å². The molecule has 134 valence electrons. The highest BCUT2D eigenvalue weighted by molar-refractivity contribution is 5.90. The molecule has 0 saturated carbocycles. The van der Waals surface area contributed by atoms with Crippen LogP contribution in [0, 0.1) is 22.0 Å². The molecule has 0 bridgehead atoms. The van der Waals surface area contributed by atoms with Crippen molar-refractivity contribution in [2.45, 2.75) is 32.8 Å². The summed E-state index contributed by atoms with van der Waals surface area (Å²) >= 11 is 0. The SMILES string of the molecule is COC(=O)c1ccc(C#CCCNC(=O)OC(C)(C)C)c([N+](=O)[O-])c1. The maximum Gasteiger partial charge on any atom is 0.407 e. The molecular formula is C17H20N2O6. The van der Waals surface area contributed by atoms with Gasteiger partial charge in [0.2, 0.25) is 0 Å². The largest absolute Gasteiger partial charge is 0.465 e. The molecule has 8 nitrogen and oxygen atoms in total. The molecule has 0 aliphatic carbocycles. The van der Waals surface area contributed by atoms with Gasteiger partial charge in [-0.1, -0.05) is 11.8 Å². The van der Waals surface area contributed by atoms with Crippen LogP contribution in [-0.2, 0) is 9.47 Å². The van der Waals surface area contributed by atoms with Crippen molar-refractivity contribution in [1.82, 2.24) is 5.32 Å². The fraction of sp³-hybridized carbons (Fsp3) is 0.412. The number of methoxy groups -OCH3 is 1. The summed E-state index contributed by atoms with van der Waals surface area (Å²) in [5.41, 5.74) is -0.616. The number of nitrogens with one attached hydrogen (secondary N) is 1. The Labute approximate surface area is 145 Å². The van der Waals surface area contributed by atoms with Crippen molar-refractivity contribution in [2.75, 3.05) is 13.7 Å². The molecule has 0 atom stereocenters. The summed E-state index contributed by atoms with van der Waals surface area (Å²) in [5.74, 6) is 4.74. The van der Waals surface area contributed by atoms with Crippen LogP contribution in [0.5, 0.6) is 0 Å². The Balaban J connectivity index is 2.71. The second kappa shape index (κ2) is 8.68. The van der Waals surface area contributed by atoms with Gasteiger partial charge in [-0.3, -0.25) is 10.1 Å². The normalized spacial score (nSPS) is 10.2. The van der Waals surface area contributed by atoms with Crippen molar-refractivity contribution in [3.05, 3.63) is 39.4 Å². The van der Waals surface area contributed by atoms with E-state index in [-0.39, 0.29) is 29.8 Å². The third kappa shape index (κ3) is 6.91. The Bertz CT molecular complexity index is 725. The first-order chi connectivity index (χ1) is 11.6. The predicted octanol–water partition coefficient (Wildman–Crippen LogP) is 2.65. The Hall–Kier alpha value is -3.08. The third-order valence-corrected chi connectivity index (χ3v) is 2.76. The van der Waals surface area contributed by atoms with Gasteiger partial charge in [-0.2, -0.15) is 0 Å². The van der Waals surface area contributed by atoms with Crippen LogP contribution in [0.3, 0.4) is 0 Å². The summed E-state index contributed by atoms with van der Waals surface area (Å²) in [7, 11) is 1.19. The van der Waals surface area contributed by atoms with E-state index in [1.807, 2.05) is 0 Å². The molecule has 1 aromatic rings. The van der Waals surface area contributed by atoms with E-state index < -0.39 is 22.6 Å². The van der Waals surface area contributed by atoms with Crippen molar-refractivity contribution >= 4 is 17.7 Å². The first-order valence-electron chi connectivity index (χ1n) is 7.46. The van der Waals surface area contributed by atoms with Crippen LogP contribution in [0.25, 0.3) is 0 Å². The number of amides is 1. The van der Waals surface area contributed by atoms with Gasteiger partial charge in [-0.15, -0.1) is 0 Å². The van der Waals surface area contributed by atoms with Crippen LogP contribution in [0.1, 0.15) is 43.1 Å². The number of nitro groups is 1. The lowest BCUT2D eigenvalue weighted by Crippen LogP contribution is -2.32. The van der Waals surface area contributed by atoms with Crippen LogP contribution in [0.2, 0.25) is 0 Å². The molecule has 0 aliphatic rings. The lowest BCUT2D eigenvalue weighted by Gasteiger charge is -2.19. The molecule has 0 fully saturated rings. The second-order valence-electron chi connectivity index (χ2n) is 5.96. The molecule has 1 N–H and O–H groups in total. The van der Waals surface area contributed by atoms with E-state index in [4.69, 9.17) is 4.74 Å². The van der Waals surface area contributed by atoms with Crippen LogP contribution in [-0.4, -0.2) is 36.2 Å². The fourth-order valence-electron chi connectivity index (χ4n) is 1.73. The summed E-state index contributed by atoms with van der Waals surface area (Å²) in [6, 6.07) is 3.91. The summed E-state index contributed by atoms with van der Waals surface area (Å²) < 4.78 is 9.60. The molecule has 0 unspecified atom stereocenters. The number of esters is 1. The van der Waals surface area contributed by atoms with E-state index in [0.717, 1.165) is 6.07 Å². The second-order valence-corrected chi connectivity index (χ2v) is 5.96. The molecule has 8 heteroatoms. The van der Waals surface area contributed by atoms with E-state index >= 15 is 0 Å². The van der Waals surface area contributed by atoms with E-state index in [1.165, 1.54) is 19.2 Å². The third-order valence-electron chi connectivity index (χ3n) is 2.76. The van der Waals surface area contributed by atoms with Crippen LogP contribution >= 0.6 is 0 Å². The van der Waals surface area contributed by atoms with Gasteiger partial charge in [0.05, 0.1) is 17.6 Å². The van der Waals surface area contributed by atoms with E-state index in [1.54, 1.807) is 20.8 Å². The average Bonchev–Trinajstić information content (AvgIpc) is 2.52. The molecule has 0 aromatic heterocycles. The number of hydrogen-bond acceptors (Lipinski definition) is 6. The van der Waals surface area contributed by atoms with Crippen molar-refractivity contribution in [3.8, 4) is 11.8 Å². The van der Waals surface area contributed by atoms with E-state index in [0.29, 0.717) is 0 Å². The number of hydrogen-bond donors (Lipinski definition) is 1. The molecule has 1 rings (SSSR count). The van der Waals surface area contributed by atoms with Crippen LogP contribution in [0.4, 0.5) is 10.5 Å². The van der Waals surface area contributed by atoms with Gasteiger partial charge in [0, 0.05) is 19.0 Å². The fourth-order valence-corrected chi connectivity index (χ4v) is 1.73. The zero-order valence-electron chi connectivity index (χ0n) is 14.5. The van der Waals surface area contributed by atoms with Crippen LogP contribution in [0.15, 0.2) is 18.2 Å². The lowest BCUT2D eigenvalue weighted by molar-refractivity contribution is -0.385. The smallest absolute Gasteiger partial charge is 0.407 e. The Morgan fingerprint density at radius 2 is 2.00 bits per heavy atom. The average molecular weight is 348 g/mol. The minimum atomic E-state index is -0.663. The Kier molecular flexibility index (Phi) is 6.93. The highest BCUT2D eigenvalue weighted by Gasteiger charge is 2.17. The van der Waals surface area contributed by atoms with E-state index in [2.05, 4.69) is 21.9 Å². The maximum absolute atomic E-state index is 11.5. The molecule has 0 aliphatic heterocycles. The number of ether oxygens (including phenoxy) is 2. The van der Waals surface area contributed by atoms with Crippen molar-refractivity contribution in [2.24, 2.45) is 0 Å². The summed E-state index contributed by atoms with van der Waals surface area (Å²) in [6.45, 7) is 5.51. The standard InChI is InChI=1S/C17H20N2O6/c1-17(2,3)25-16(21)18-10-6-5-7-12-8-9-13(15(20)24-4)11-14(12)19(22)23/h8-9,11H,6,10H2,1-4H3,(H,18,21). The predicted molar refractivity (Wildman–Crippen MR) is 90.2 cm³/mol. The summed E-state index contributed by atoms with van der Waals surface area (Å²) in [5, 5.41) is 13.6. The van der Waals surface area contributed by atoms with Gasteiger partial charge < -0.3 is 14.8 Å². The highest BCUT2D eigenvalue weighted by atomic mass is 16.6. The minimum absolute atomic E-state index is 0.0753. The Morgan fingerprint density at radius 3 is 2.56 bits per heavy atom. The van der Waals surface area contributed by atoms with Crippen molar-refractivity contribution < 1.29 is 24.0 Å². The number of alkyl carbamates (subject to hydrolysis) is 1. The molecule has 1 amide bonds. The molecule has 0 radical (unpaired) electrons. The maximum atomic E-state index is 11.5. The first-order valence-corrected chi connectivity index (χ1v) is 7.46. The molecule has 0 spiro atoms. The highest BCUT2D eigenvalue weighted by Crippen LogP contribution is 2.20. The summed E-state index contributed by atoms with van der Waals surface area (Å²) in [4.78, 5) is 33.4. The number of carbonyl (C=O) groups is 2. The van der Waals surface area contributed by atoms with Gasteiger partial charge in [0.25, 0.3) is 5.69 Å². The van der Waals surface area contributed by atoms with E-state index in [9.17, 15) is 19.7 Å². The minimum Gasteiger partial charge on any atom is -0.465 e. The number of carbonyl (C=O) groups excluding carboxylic acids is 2. The topological polar surface area (TPSA) is 108 Å². The monoisotopic (exact) mass is 348 g/mol. The lowest BCUT2D eigenvalue weighted by atomic mass is 10.1. The van der Waals surface area contributed by atoms with Gasteiger partial charge in [-0.25, -0.2) is 9.59 Å². The summed E-state index contributed by atoms with van der Waals surface area (Å²) in [6.07, 6.45) is -0.266. The molecule has 0 heterocycles. The number of rotatable bonds is 4. The van der Waals surface area contributed by atoms with Gasteiger partial charge in [0.15, 0.2) is 0 Å². The van der Waals surface area contributed by atoms with Gasteiger partial charge in [-0.05, 0) is 32.9 Å². The van der Waals surface area contributed by atoms with Crippen molar-refractivity contribution in [3.63, 3.8) is 0 Å². The Morgan fingerprint density at radius 1 is 1.32 bits per heavy atom. The quantitative estimate of drug-likeness (QED) is 0.295.